The quantitative estimate of drug-likeness (QED) is 0.821. The molecule has 5 nitrogen and oxygen atoms in total. The molecule has 1 aliphatic heterocycles. The molecule has 140 valence electrons. The van der Waals surface area contributed by atoms with Gasteiger partial charge in [-0.1, -0.05) is 12.1 Å². The van der Waals surface area contributed by atoms with Gasteiger partial charge in [-0.05, 0) is 30.5 Å². The number of halogens is 3. The maximum absolute atomic E-state index is 13.3. The van der Waals surface area contributed by atoms with Crippen molar-refractivity contribution >= 4 is 11.8 Å². The Labute approximate surface area is 150 Å². The fourth-order valence-corrected chi connectivity index (χ4v) is 3.13. The summed E-state index contributed by atoms with van der Waals surface area (Å²) >= 11 is 0. The smallest absolute Gasteiger partial charge is 0.433 e. The van der Waals surface area contributed by atoms with Crippen LogP contribution in [-0.2, 0) is 6.18 Å². The Kier molecular flexibility index (Phi) is 4.93. The van der Waals surface area contributed by atoms with E-state index in [2.05, 4.69) is 9.97 Å². The number of rotatable bonds is 4. The summed E-state index contributed by atoms with van der Waals surface area (Å²) in [4.78, 5) is 11.6. The molecule has 2 heterocycles. The van der Waals surface area contributed by atoms with Crippen molar-refractivity contribution in [1.82, 2.24) is 9.97 Å². The van der Waals surface area contributed by atoms with Gasteiger partial charge in [-0.2, -0.15) is 18.2 Å². The lowest BCUT2D eigenvalue weighted by atomic mass is 10.0. The zero-order valence-electron chi connectivity index (χ0n) is 14.9. The van der Waals surface area contributed by atoms with Gasteiger partial charge in [0.15, 0.2) is 5.69 Å². The molecular weight excluding hydrogens is 345 g/mol. The minimum Gasteiger partial charge on any atom is -0.497 e. The van der Waals surface area contributed by atoms with Gasteiger partial charge in [0.1, 0.15) is 11.6 Å². The molecule has 0 radical (unpaired) electrons. The van der Waals surface area contributed by atoms with Crippen LogP contribution >= 0.6 is 0 Å². The second-order valence-electron chi connectivity index (χ2n) is 6.43. The number of hydrogen-bond acceptors (Lipinski definition) is 5. The fourth-order valence-electron chi connectivity index (χ4n) is 3.13. The first-order valence-corrected chi connectivity index (χ1v) is 8.34. The van der Waals surface area contributed by atoms with Gasteiger partial charge in [-0.3, -0.25) is 0 Å². The SMILES string of the molecule is COc1cccc(C2CCCN2c2nc(N(C)C)cc(C(F)(F)F)n2)c1. The fraction of sp³-hybridized carbons (Fsp3) is 0.444. The van der Waals surface area contributed by atoms with Crippen LogP contribution < -0.4 is 14.5 Å². The molecule has 1 aromatic heterocycles. The van der Waals surface area contributed by atoms with Gasteiger partial charge in [0.25, 0.3) is 0 Å². The predicted molar refractivity (Wildman–Crippen MR) is 93.7 cm³/mol. The predicted octanol–water partition coefficient (Wildman–Crippen LogP) is 3.91. The van der Waals surface area contributed by atoms with Crippen molar-refractivity contribution in [3.63, 3.8) is 0 Å². The Hall–Kier alpha value is -2.51. The number of anilines is 2. The van der Waals surface area contributed by atoms with Crippen LogP contribution in [-0.4, -0.2) is 37.7 Å². The van der Waals surface area contributed by atoms with Crippen LogP contribution in [0.1, 0.15) is 30.1 Å². The lowest BCUT2D eigenvalue weighted by Gasteiger charge is -2.27. The van der Waals surface area contributed by atoms with Crippen LogP contribution in [0.15, 0.2) is 30.3 Å². The molecule has 0 N–H and O–H groups in total. The molecule has 3 rings (SSSR count). The zero-order valence-corrected chi connectivity index (χ0v) is 14.9. The number of alkyl halides is 3. The Morgan fingerprint density at radius 2 is 1.96 bits per heavy atom. The van der Waals surface area contributed by atoms with E-state index in [0.717, 1.165) is 24.5 Å². The third-order valence-electron chi connectivity index (χ3n) is 4.44. The number of methoxy groups -OCH3 is 1. The van der Waals surface area contributed by atoms with Crippen LogP contribution in [0.4, 0.5) is 24.9 Å². The first kappa shape index (κ1) is 18.3. The first-order chi connectivity index (χ1) is 12.3. The summed E-state index contributed by atoms with van der Waals surface area (Å²) in [6, 6.07) is 8.47. The van der Waals surface area contributed by atoms with Crippen molar-refractivity contribution in [3.05, 3.63) is 41.6 Å². The summed E-state index contributed by atoms with van der Waals surface area (Å²) in [7, 11) is 4.91. The molecule has 26 heavy (non-hydrogen) atoms. The highest BCUT2D eigenvalue weighted by Crippen LogP contribution is 2.38. The molecule has 1 aromatic carbocycles. The van der Waals surface area contributed by atoms with Gasteiger partial charge in [0.05, 0.1) is 13.2 Å². The second-order valence-corrected chi connectivity index (χ2v) is 6.43. The minimum atomic E-state index is -4.52. The van der Waals surface area contributed by atoms with E-state index in [-0.39, 0.29) is 17.8 Å². The van der Waals surface area contributed by atoms with Crippen molar-refractivity contribution in [2.24, 2.45) is 0 Å². The number of benzene rings is 1. The standard InChI is InChI=1S/C18H21F3N4O/c1-24(2)16-11-15(18(19,20)21)22-17(23-16)25-9-5-8-14(25)12-6-4-7-13(10-12)26-3/h4,6-7,10-11,14H,5,8-9H2,1-3H3. The largest absolute Gasteiger partial charge is 0.497 e. The highest BCUT2D eigenvalue weighted by Gasteiger charge is 2.36. The number of aromatic nitrogens is 2. The molecule has 1 saturated heterocycles. The lowest BCUT2D eigenvalue weighted by molar-refractivity contribution is -0.141. The van der Waals surface area contributed by atoms with Crippen LogP contribution in [0.2, 0.25) is 0 Å². The summed E-state index contributed by atoms with van der Waals surface area (Å²) in [5, 5.41) is 0. The molecule has 0 spiro atoms. The lowest BCUT2D eigenvalue weighted by Crippen LogP contribution is -2.27. The third-order valence-corrected chi connectivity index (χ3v) is 4.44. The van der Waals surface area contributed by atoms with E-state index in [1.54, 1.807) is 26.1 Å². The molecule has 0 amide bonds. The number of nitrogens with zero attached hydrogens (tertiary/aromatic N) is 4. The van der Waals surface area contributed by atoms with Crippen molar-refractivity contribution < 1.29 is 17.9 Å². The van der Waals surface area contributed by atoms with Gasteiger partial charge < -0.3 is 14.5 Å². The molecule has 0 saturated carbocycles. The molecule has 1 atom stereocenters. The number of hydrogen-bond donors (Lipinski definition) is 0. The Balaban J connectivity index is 2.02. The summed E-state index contributed by atoms with van der Waals surface area (Å²) in [6.45, 7) is 0.607. The Morgan fingerprint density at radius 1 is 1.19 bits per heavy atom. The van der Waals surface area contributed by atoms with Gasteiger partial charge in [-0.25, -0.2) is 4.98 Å². The molecule has 1 unspecified atom stereocenters. The van der Waals surface area contributed by atoms with Gasteiger partial charge in [-0.15, -0.1) is 0 Å². The van der Waals surface area contributed by atoms with Crippen LogP contribution in [0.5, 0.6) is 5.75 Å². The second kappa shape index (κ2) is 7.01. The summed E-state index contributed by atoms with van der Waals surface area (Å²) in [6.07, 6.45) is -2.84. The van der Waals surface area contributed by atoms with E-state index in [1.807, 2.05) is 29.2 Å². The highest BCUT2D eigenvalue weighted by atomic mass is 19.4. The van der Waals surface area contributed by atoms with Gasteiger partial charge in [0.2, 0.25) is 5.95 Å². The molecule has 1 aliphatic rings. The van der Waals surface area contributed by atoms with E-state index in [1.165, 1.54) is 0 Å². The Morgan fingerprint density at radius 3 is 2.62 bits per heavy atom. The van der Waals surface area contributed by atoms with Crippen molar-refractivity contribution in [2.45, 2.75) is 25.1 Å². The maximum Gasteiger partial charge on any atom is 0.433 e. The van der Waals surface area contributed by atoms with Crippen molar-refractivity contribution in [2.75, 3.05) is 37.5 Å². The van der Waals surface area contributed by atoms with E-state index < -0.39 is 11.9 Å². The Bertz CT molecular complexity index is 779. The average molecular weight is 366 g/mol. The molecule has 8 heteroatoms. The summed E-state index contributed by atoms with van der Waals surface area (Å²) in [5.41, 5.74) is 0.0526. The van der Waals surface area contributed by atoms with Crippen LogP contribution in [0, 0.1) is 0 Å². The molecule has 0 aliphatic carbocycles. The zero-order chi connectivity index (χ0) is 18.9. The summed E-state index contributed by atoms with van der Waals surface area (Å²) in [5.74, 6) is 1.06. The van der Waals surface area contributed by atoms with Crippen molar-refractivity contribution in [1.29, 1.82) is 0 Å². The topological polar surface area (TPSA) is 41.5 Å². The molecule has 2 aromatic rings. The molecule has 0 bridgehead atoms. The van der Waals surface area contributed by atoms with E-state index in [0.29, 0.717) is 12.3 Å². The number of ether oxygens (including phenoxy) is 1. The van der Waals surface area contributed by atoms with Crippen molar-refractivity contribution in [3.8, 4) is 5.75 Å². The average Bonchev–Trinajstić information content (AvgIpc) is 3.10. The normalized spacial score (nSPS) is 17.5. The van der Waals surface area contributed by atoms with Gasteiger partial charge >= 0.3 is 6.18 Å². The first-order valence-electron chi connectivity index (χ1n) is 8.34. The van der Waals surface area contributed by atoms with E-state index in [9.17, 15) is 13.2 Å². The maximum atomic E-state index is 13.3. The van der Waals surface area contributed by atoms with Crippen LogP contribution in [0.3, 0.4) is 0 Å². The molecule has 1 fully saturated rings. The summed E-state index contributed by atoms with van der Waals surface area (Å²) < 4.78 is 45.1. The molecular formula is C18H21F3N4O. The third kappa shape index (κ3) is 3.68. The monoisotopic (exact) mass is 366 g/mol. The van der Waals surface area contributed by atoms with E-state index >= 15 is 0 Å². The van der Waals surface area contributed by atoms with Crippen LogP contribution in [0.25, 0.3) is 0 Å². The van der Waals surface area contributed by atoms with E-state index in [4.69, 9.17) is 4.74 Å². The van der Waals surface area contributed by atoms with Gasteiger partial charge in [0, 0.05) is 26.7 Å². The minimum absolute atomic E-state index is 0.0800. The highest BCUT2D eigenvalue weighted by molar-refractivity contribution is 5.48.